The third-order valence-corrected chi connectivity index (χ3v) is 5.43. The number of aliphatic imine (C=N–C) groups is 1. The summed E-state index contributed by atoms with van der Waals surface area (Å²) in [7, 11) is 0. The molecule has 0 bridgehead atoms. The number of guanidine groups is 1. The van der Waals surface area contributed by atoms with Gasteiger partial charge in [-0.1, -0.05) is 42.5 Å². The maximum atomic E-state index is 4.87. The normalized spacial score (nSPS) is 21.9. The molecule has 4 heteroatoms. The largest absolute Gasteiger partial charge is 0.369 e. The number of benzene rings is 2. The molecule has 1 saturated heterocycles. The Morgan fingerprint density at radius 2 is 1.92 bits per heavy atom. The molecule has 2 unspecified atom stereocenters. The average molecular weight is 348 g/mol. The highest BCUT2D eigenvalue weighted by atomic mass is 15.2. The van der Waals surface area contributed by atoms with Crippen molar-refractivity contribution in [2.75, 3.05) is 31.1 Å². The minimum absolute atomic E-state index is 0.446. The first-order chi connectivity index (χ1) is 12.8. The molecule has 26 heavy (non-hydrogen) atoms. The van der Waals surface area contributed by atoms with Crippen LogP contribution in [0.4, 0.5) is 5.69 Å². The molecule has 0 saturated carbocycles. The number of nitrogens with zero attached hydrogens (tertiary/aromatic N) is 2. The van der Waals surface area contributed by atoms with Gasteiger partial charge in [-0.15, -0.1) is 0 Å². The molecule has 1 fully saturated rings. The third-order valence-electron chi connectivity index (χ3n) is 5.43. The lowest BCUT2D eigenvalue weighted by molar-refractivity contribution is 0.605. The lowest BCUT2D eigenvalue weighted by Crippen LogP contribution is -2.45. The number of nitrogens with one attached hydrogen (secondary N) is 2. The van der Waals surface area contributed by atoms with E-state index in [4.69, 9.17) is 4.99 Å². The fraction of sp³-hybridized carbons (Fsp3) is 0.409. The minimum atomic E-state index is 0.446. The van der Waals surface area contributed by atoms with Crippen LogP contribution in [-0.4, -0.2) is 38.2 Å². The van der Waals surface area contributed by atoms with Crippen LogP contribution in [0.5, 0.6) is 0 Å². The summed E-state index contributed by atoms with van der Waals surface area (Å²) in [4.78, 5) is 7.32. The highest BCUT2D eigenvalue weighted by molar-refractivity contribution is 5.80. The number of hydrogen-bond acceptors (Lipinski definition) is 2. The van der Waals surface area contributed by atoms with Gasteiger partial charge in [0.2, 0.25) is 0 Å². The van der Waals surface area contributed by atoms with E-state index in [1.807, 2.05) is 0 Å². The minimum Gasteiger partial charge on any atom is -0.369 e. The summed E-state index contributed by atoms with van der Waals surface area (Å²) in [5.41, 5.74) is 4.27. The Bertz CT molecular complexity index is 756. The molecule has 2 N–H and O–H groups in total. The van der Waals surface area contributed by atoms with Crippen LogP contribution in [0.3, 0.4) is 0 Å². The van der Waals surface area contributed by atoms with E-state index in [2.05, 4.69) is 77.1 Å². The second-order valence-corrected chi connectivity index (χ2v) is 7.23. The molecule has 2 aliphatic rings. The van der Waals surface area contributed by atoms with Crippen LogP contribution in [0.25, 0.3) is 0 Å². The van der Waals surface area contributed by atoms with Crippen LogP contribution in [-0.2, 0) is 6.42 Å². The van der Waals surface area contributed by atoms with Gasteiger partial charge in [0.1, 0.15) is 0 Å². The Labute approximate surface area is 156 Å². The summed E-state index contributed by atoms with van der Waals surface area (Å²) in [6.07, 6.45) is 2.30. The molecular weight excluding hydrogens is 320 g/mol. The highest BCUT2D eigenvalue weighted by Crippen LogP contribution is 2.34. The summed E-state index contributed by atoms with van der Waals surface area (Å²) < 4.78 is 0. The molecule has 2 atom stereocenters. The van der Waals surface area contributed by atoms with E-state index < -0.39 is 0 Å². The molecule has 2 aromatic rings. The number of fused-ring (bicyclic) bond motifs is 1. The van der Waals surface area contributed by atoms with Gasteiger partial charge in [0, 0.05) is 43.8 Å². The van der Waals surface area contributed by atoms with Gasteiger partial charge in [-0.3, -0.25) is 4.99 Å². The van der Waals surface area contributed by atoms with Crippen LogP contribution in [0, 0.1) is 0 Å². The SMILES string of the molecule is CCNC(=NCC1Cc2ccccc21)NC1CCN(c2ccccc2)C1. The first kappa shape index (κ1) is 17.0. The van der Waals surface area contributed by atoms with Crippen LogP contribution >= 0.6 is 0 Å². The average Bonchev–Trinajstić information content (AvgIpc) is 3.12. The number of hydrogen-bond donors (Lipinski definition) is 2. The van der Waals surface area contributed by atoms with E-state index >= 15 is 0 Å². The monoisotopic (exact) mass is 348 g/mol. The summed E-state index contributed by atoms with van der Waals surface area (Å²) in [6.45, 7) is 6.00. The van der Waals surface area contributed by atoms with Crippen molar-refractivity contribution in [3.8, 4) is 0 Å². The zero-order valence-electron chi connectivity index (χ0n) is 15.5. The predicted molar refractivity (Wildman–Crippen MR) is 109 cm³/mol. The Kier molecular flexibility index (Phi) is 5.09. The van der Waals surface area contributed by atoms with Gasteiger partial charge in [-0.2, -0.15) is 0 Å². The molecule has 0 radical (unpaired) electrons. The maximum Gasteiger partial charge on any atom is 0.191 e. The lowest BCUT2D eigenvalue weighted by Gasteiger charge is -2.29. The van der Waals surface area contributed by atoms with Crippen molar-refractivity contribution in [2.24, 2.45) is 4.99 Å². The van der Waals surface area contributed by atoms with Crippen LogP contribution in [0.1, 0.15) is 30.4 Å². The standard InChI is InChI=1S/C22H28N4/c1-2-23-22(24-15-18-14-17-8-6-7-11-21(17)18)25-19-12-13-26(16-19)20-9-4-3-5-10-20/h3-11,18-19H,2,12-16H2,1H3,(H2,23,24,25). The maximum absolute atomic E-state index is 4.87. The molecule has 1 heterocycles. The van der Waals surface area contributed by atoms with Crippen LogP contribution in [0.2, 0.25) is 0 Å². The topological polar surface area (TPSA) is 39.7 Å². The number of rotatable bonds is 5. The first-order valence-corrected chi connectivity index (χ1v) is 9.76. The van der Waals surface area contributed by atoms with E-state index in [-0.39, 0.29) is 0 Å². The Morgan fingerprint density at radius 1 is 1.12 bits per heavy atom. The molecule has 0 amide bonds. The van der Waals surface area contributed by atoms with Crippen LogP contribution in [0.15, 0.2) is 59.6 Å². The molecule has 2 aromatic carbocycles. The van der Waals surface area contributed by atoms with E-state index in [0.29, 0.717) is 12.0 Å². The van der Waals surface area contributed by atoms with Crippen LogP contribution < -0.4 is 15.5 Å². The summed E-state index contributed by atoms with van der Waals surface area (Å²) in [6, 6.07) is 19.9. The fourth-order valence-corrected chi connectivity index (χ4v) is 3.99. The Balaban J connectivity index is 1.34. The van der Waals surface area contributed by atoms with Crippen molar-refractivity contribution >= 4 is 11.6 Å². The summed E-state index contributed by atoms with van der Waals surface area (Å²) in [5.74, 6) is 1.53. The molecule has 4 nitrogen and oxygen atoms in total. The van der Waals surface area contributed by atoms with Gasteiger partial charge in [0.15, 0.2) is 5.96 Å². The van der Waals surface area contributed by atoms with Gasteiger partial charge < -0.3 is 15.5 Å². The fourth-order valence-electron chi connectivity index (χ4n) is 3.99. The Morgan fingerprint density at radius 3 is 2.73 bits per heavy atom. The van der Waals surface area contributed by atoms with Crippen molar-refractivity contribution in [3.63, 3.8) is 0 Å². The van der Waals surface area contributed by atoms with Crippen molar-refractivity contribution in [2.45, 2.75) is 31.7 Å². The second kappa shape index (κ2) is 7.81. The lowest BCUT2D eigenvalue weighted by atomic mass is 9.78. The summed E-state index contributed by atoms with van der Waals surface area (Å²) in [5, 5.41) is 7.05. The molecule has 4 rings (SSSR count). The number of anilines is 1. The van der Waals surface area contributed by atoms with Gasteiger partial charge in [0.25, 0.3) is 0 Å². The van der Waals surface area contributed by atoms with Crippen molar-refractivity contribution in [1.29, 1.82) is 0 Å². The molecular formula is C22H28N4. The smallest absolute Gasteiger partial charge is 0.191 e. The molecule has 136 valence electrons. The van der Waals surface area contributed by atoms with Crippen molar-refractivity contribution in [1.82, 2.24) is 10.6 Å². The third kappa shape index (κ3) is 3.69. The van der Waals surface area contributed by atoms with E-state index in [9.17, 15) is 0 Å². The van der Waals surface area contributed by atoms with E-state index in [1.54, 1.807) is 0 Å². The first-order valence-electron chi connectivity index (χ1n) is 9.76. The van der Waals surface area contributed by atoms with Crippen molar-refractivity contribution in [3.05, 3.63) is 65.7 Å². The van der Waals surface area contributed by atoms with Gasteiger partial charge in [-0.05, 0) is 43.0 Å². The summed E-state index contributed by atoms with van der Waals surface area (Å²) >= 11 is 0. The van der Waals surface area contributed by atoms with Gasteiger partial charge in [0.05, 0.1) is 0 Å². The van der Waals surface area contributed by atoms with Gasteiger partial charge >= 0.3 is 0 Å². The molecule has 1 aliphatic carbocycles. The molecule has 0 spiro atoms. The molecule has 0 aromatic heterocycles. The zero-order chi connectivity index (χ0) is 17.8. The predicted octanol–water partition coefficient (Wildman–Crippen LogP) is 3.16. The molecule has 1 aliphatic heterocycles. The quantitative estimate of drug-likeness (QED) is 0.644. The number of para-hydroxylation sites is 1. The van der Waals surface area contributed by atoms with Crippen molar-refractivity contribution < 1.29 is 0 Å². The van der Waals surface area contributed by atoms with Gasteiger partial charge in [-0.25, -0.2) is 0 Å². The second-order valence-electron chi connectivity index (χ2n) is 7.23. The highest BCUT2D eigenvalue weighted by Gasteiger charge is 2.26. The van der Waals surface area contributed by atoms with E-state index in [1.165, 1.54) is 16.8 Å². The Hall–Kier alpha value is -2.49. The van der Waals surface area contributed by atoms with E-state index in [0.717, 1.165) is 45.0 Å². The zero-order valence-corrected chi connectivity index (χ0v) is 15.5.